The van der Waals surface area contributed by atoms with Crippen molar-refractivity contribution in [1.29, 1.82) is 0 Å². The predicted molar refractivity (Wildman–Crippen MR) is 174 cm³/mol. The van der Waals surface area contributed by atoms with Crippen molar-refractivity contribution in [1.82, 2.24) is 9.80 Å². The number of methoxy groups -OCH3 is 1. The van der Waals surface area contributed by atoms with E-state index in [9.17, 15) is 24.5 Å². The van der Waals surface area contributed by atoms with E-state index < -0.39 is 22.4 Å². The molecule has 6 N–H and O–H groups in total. The molecule has 250 valence electrons. The maximum atomic E-state index is 12.3. The van der Waals surface area contributed by atoms with E-state index >= 15 is 0 Å². The molecular weight excluding hydrogens is 598 g/mol. The first-order valence-corrected chi connectivity index (χ1v) is 14.8. The molecule has 15 heteroatoms. The predicted octanol–water partition coefficient (Wildman–Crippen LogP) is 3.46. The number of nitrogen functional groups attached to an aromatic ring is 1. The Balaban J connectivity index is 1.55. The number of primary amides is 1. The van der Waals surface area contributed by atoms with Crippen LogP contribution in [0.15, 0.2) is 42.5 Å². The molecule has 1 aliphatic rings. The number of benzene rings is 2. The van der Waals surface area contributed by atoms with E-state index in [2.05, 4.69) is 15.5 Å². The van der Waals surface area contributed by atoms with Crippen molar-refractivity contribution in [3.05, 3.63) is 63.7 Å². The lowest BCUT2D eigenvalue weighted by Gasteiger charge is -2.35. The van der Waals surface area contributed by atoms with Gasteiger partial charge in [0.25, 0.3) is 5.69 Å². The van der Waals surface area contributed by atoms with Crippen LogP contribution >= 0.6 is 0 Å². The van der Waals surface area contributed by atoms with Crippen LogP contribution < -0.4 is 26.8 Å². The largest absolute Gasteiger partial charge is 0.491 e. The van der Waals surface area contributed by atoms with Crippen molar-refractivity contribution in [3.8, 4) is 5.75 Å². The molecule has 3 rings (SSSR count). The van der Waals surface area contributed by atoms with Crippen molar-refractivity contribution in [2.24, 2.45) is 5.73 Å². The summed E-state index contributed by atoms with van der Waals surface area (Å²) in [5, 5.41) is 18.0. The monoisotopic (exact) mass is 641 g/mol. The molecule has 0 spiro atoms. The molecule has 46 heavy (non-hydrogen) atoms. The summed E-state index contributed by atoms with van der Waals surface area (Å²) < 4.78 is 16.1. The van der Waals surface area contributed by atoms with Crippen molar-refractivity contribution in [2.75, 3.05) is 75.9 Å². The fraction of sp³-hybridized carbons (Fsp3) is 0.452. The van der Waals surface area contributed by atoms with Gasteiger partial charge in [0.15, 0.2) is 5.69 Å². The van der Waals surface area contributed by atoms with Crippen molar-refractivity contribution < 1.29 is 33.5 Å². The van der Waals surface area contributed by atoms with Gasteiger partial charge in [-0.3, -0.25) is 19.8 Å². The summed E-state index contributed by atoms with van der Waals surface area (Å²) in [6, 6.07) is 7.30. The number of carbonyl (C=O) groups is 3. The number of hydrogen-bond acceptors (Lipinski definition) is 12. The lowest BCUT2D eigenvalue weighted by atomic mass is 10.1. The zero-order chi connectivity index (χ0) is 33.9. The third-order valence-electron chi connectivity index (χ3n) is 6.91. The molecule has 0 unspecified atom stereocenters. The van der Waals surface area contributed by atoms with E-state index in [4.69, 9.17) is 25.7 Å². The summed E-state index contributed by atoms with van der Waals surface area (Å²) in [7, 11) is 1.29. The number of nitro groups is 1. The second-order valence-electron chi connectivity index (χ2n) is 11.5. The first-order valence-electron chi connectivity index (χ1n) is 14.8. The van der Waals surface area contributed by atoms with Gasteiger partial charge in [0.1, 0.15) is 11.4 Å². The van der Waals surface area contributed by atoms with Crippen LogP contribution in [0.5, 0.6) is 5.75 Å². The van der Waals surface area contributed by atoms with Crippen molar-refractivity contribution >= 4 is 40.7 Å². The average Bonchev–Trinajstić information content (AvgIpc) is 3.00. The normalized spacial score (nSPS) is 13.7. The molecule has 0 radical (unpaired) electrons. The molecule has 1 heterocycles. The van der Waals surface area contributed by atoms with E-state index in [1.165, 1.54) is 19.2 Å². The van der Waals surface area contributed by atoms with Crippen LogP contribution in [0, 0.1) is 10.1 Å². The highest BCUT2D eigenvalue weighted by atomic mass is 16.6. The van der Waals surface area contributed by atoms with Gasteiger partial charge in [-0.2, -0.15) is 0 Å². The Morgan fingerprint density at radius 1 is 1.02 bits per heavy atom. The van der Waals surface area contributed by atoms with Crippen LogP contribution in [0.3, 0.4) is 0 Å². The topological polar surface area (TPSA) is 205 Å². The molecule has 15 nitrogen and oxygen atoms in total. The summed E-state index contributed by atoms with van der Waals surface area (Å²) >= 11 is 0. The second-order valence-corrected chi connectivity index (χ2v) is 11.5. The zero-order valence-electron chi connectivity index (χ0n) is 26.7. The maximum absolute atomic E-state index is 12.3. The number of nitro benzene ring substituents is 1. The van der Waals surface area contributed by atoms with Crippen LogP contribution in [0.4, 0.5) is 27.5 Å². The zero-order valence-corrected chi connectivity index (χ0v) is 26.7. The average molecular weight is 642 g/mol. The Morgan fingerprint density at radius 3 is 2.28 bits per heavy atom. The molecule has 0 bridgehead atoms. The highest BCUT2D eigenvalue weighted by molar-refractivity contribution is 5.95. The smallest absolute Gasteiger partial charge is 0.410 e. The van der Waals surface area contributed by atoms with Gasteiger partial charge in [-0.15, -0.1) is 0 Å². The van der Waals surface area contributed by atoms with Gasteiger partial charge in [0, 0.05) is 57.4 Å². The Hall–Kier alpha value is -5.05. The molecule has 0 atom stereocenters. The lowest BCUT2D eigenvalue weighted by Crippen LogP contribution is -2.50. The third-order valence-corrected chi connectivity index (χ3v) is 6.91. The minimum atomic E-state index is -0.813. The molecular formula is C31H43N7O8. The fourth-order valence-corrected chi connectivity index (χ4v) is 4.59. The number of piperazine rings is 1. The van der Waals surface area contributed by atoms with Gasteiger partial charge in [-0.25, -0.2) is 9.59 Å². The number of rotatable bonds is 14. The molecule has 1 aliphatic heterocycles. The molecule has 1 saturated heterocycles. The van der Waals surface area contributed by atoms with Crippen LogP contribution in [0.2, 0.25) is 0 Å². The molecule has 1 fully saturated rings. The van der Waals surface area contributed by atoms with E-state index in [0.717, 1.165) is 6.07 Å². The summed E-state index contributed by atoms with van der Waals surface area (Å²) in [6.07, 6.45) is 3.84. The van der Waals surface area contributed by atoms with Gasteiger partial charge in [0.05, 0.1) is 35.6 Å². The number of ether oxygens (including phenoxy) is 3. The molecule has 2 aromatic rings. The van der Waals surface area contributed by atoms with E-state index in [-0.39, 0.29) is 41.9 Å². The number of hydrogen-bond donors (Lipinski definition) is 4. The minimum Gasteiger partial charge on any atom is -0.491 e. The van der Waals surface area contributed by atoms with Gasteiger partial charge < -0.3 is 41.2 Å². The highest BCUT2D eigenvalue weighted by Crippen LogP contribution is 2.36. The number of carbonyl (C=O) groups excluding carboxylic acids is 3. The van der Waals surface area contributed by atoms with Crippen LogP contribution in [-0.2, 0) is 9.47 Å². The number of nitrogens with two attached hydrogens (primary N) is 2. The first kappa shape index (κ1) is 35.4. The van der Waals surface area contributed by atoms with Crippen LogP contribution in [0.25, 0.3) is 0 Å². The Labute approximate surface area is 268 Å². The standard InChI is InChI=1S/C31H43N7O8/c1-31(2,3)46-30(41)37-15-13-36(14-16-37)12-7-17-45-26-20-22(28(33)39)19-25(38(42)43)27(26)35-11-6-5-10-34-24-9-8-21(18-23(24)32)29(40)44-4/h5-6,8-9,18-20,34-35H,7,10-17,32H2,1-4H3,(H2,33,39)/b6-5+. The minimum absolute atomic E-state index is 0.0407. The number of esters is 1. The van der Waals surface area contributed by atoms with Crippen LogP contribution in [-0.4, -0.2) is 97.8 Å². The Kier molecular flexibility index (Phi) is 12.6. The Morgan fingerprint density at radius 2 is 1.70 bits per heavy atom. The first-order chi connectivity index (χ1) is 21.8. The quantitative estimate of drug-likeness (QED) is 0.0585. The maximum Gasteiger partial charge on any atom is 0.410 e. The van der Waals surface area contributed by atoms with Gasteiger partial charge >= 0.3 is 12.1 Å². The Bertz CT molecular complexity index is 1430. The molecule has 0 aliphatic carbocycles. The third kappa shape index (κ3) is 10.5. The SMILES string of the molecule is COC(=O)c1ccc(NC/C=C/CNc2c(OCCCN3CCN(C(=O)OC(C)(C)C)CC3)cc(C(N)=O)cc2[N+](=O)[O-])c(N)c1. The van der Waals surface area contributed by atoms with Gasteiger partial charge in [0.2, 0.25) is 5.91 Å². The van der Waals surface area contributed by atoms with Gasteiger partial charge in [-0.1, -0.05) is 12.2 Å². The number of nitrogens with one attached hydrogen (secondary N) is 2. The van der Waals surface area contributed by atoms with Crippen molar-refractivity contribution in [3.63, 3.8) is 0 Å². The second kappa shape index (κ2) is 16.3. The van der Waals surface area contributed by atoms with Crippen molar-refractivity contribution in [2.45, 2.75) is 32.8 Å². The summed E-state index contributed by atoms with van der Waals surface area (Å²) in [6.45, 7) is 9.49. The fourth-order valence-electron chi connectivity index (χ4n) is 4.59. The molecule has 0 saturated carbocycles. The van der Waals surface area contributed by atoms with E-state index in [1.54, 1.807) is 29.2 Å². The number of nitrogens with zero attached hydrogens (tertiary/aromatic N) is 3. The van der Waals surface area contributed by atoms with E-state index in [0.29, 0.717) is 62.6 Å². The lowest BCUT2D eigenvalue weighted by molar-refractivity contribution is -0.384. The van der Waals surface area contributed by atoms with Crippen LogP contribution in [0.1, 0.15) is 47.9 Å². The van der Waals surface area contributed by atoms with E-state index in [1.807, 2.05) is 20.8 Å². The highest BCUT2D eigenvalue weighted by Gasteiger charge is 2.26. The molecule has 2 aromatic carbocycles. The van der Waals surface area contributed by atoms with Gasteiger partial charge in [-0.05, 0) is 51.5 Å². The molecule has 2 amide bonds. The summed E-state index contributed by atoms with van der Waals surface area (Å²) in [5.74, 6) is -1.16. The number of anilines is 3. The number of amides is 2. The summed E-state index contributed by atoms with van der Waals surface area (Å²) in [4.78, 5) is 51.0. The molecule has 0 aromatic heterocycles. The summed E-state index contributed by atoms with van der Waals surface area (Å²) in [5.41, 5.74) is 12.0.